The van der Waals surface area contributed by atoms with Crippen LogP contribution in [0.1, 0.15) is 12.8 Å². The predicted molar refractivity (Wildman–Crippen MR) is 57.4 cm³/mol. The Hall–Kier alpha value is -0.920. The van der Waals surface area contributed by atoms with Crippen molar-refractivity contribution < 1.29 is 13.2 Å². The minimum atomic E-state index is -3.41. The first-order valence-electron chi connectivity index (χ1n) is 5.16. The van der Waals surface area contributed by atoms with E-state index >= 15 is 0 Å². The molecule has 2 rings (SSSR count). The molecule has 0 aliphatic heterocycles. The fourth-order valence-electron chi connectivity index (χ4n) is 1.56. The van der Waals surface area contributed by atoms with E-state index in [1.807, 2.05) is 0 Å². The molecule has 90 valence electrons. The third kappa shape index (κ3) is 2.26. The second kappa shape index (κ2) is 4.52. The Balaban J connectivity index is 2.18. The molecule has 7 heteroatoms. The number of aromatic amines is 1. The van der Waals surface area contributed by atoms with E-state index < -0.39 is 10.0 Å². The molecule has 0 radical (unpaired) electrons. The van der Waals surface area contributed by atoms with Crippen LogP contribution in [0.15, 0.2) is 17.3 Å². The first-order valence-corrected chi connectivity index (χ1v) is 6.60. The van der Waals surface area contributed by atoms with Gasteiger partial charge in [0.05, 0.1) is 12.8 Å². The van der Waals surface area contributed by atoms with Gasteiger partial charge in [-0.05, 0) is 12.8 Å². The van der Waals surface area contributed by atoms with Crippen molar-refractivity contribution >= 4 is 10.0 Å². The zero-order chi connectivity index (χ0) is 11.6. The summed E-state index contributed by atoms with van der Waals surface area (Å²) in [4.78, 5) is 0.218. The van der Waals surface area contributed by atoms with Gasteiger partial charge in [-0.15, -0.1) is 0 Å². The molecule has 0 saturated heterocycles. The highest BCUT2D eigenvalue weighted by Gasteiger charge is 2.38. The van der Waals surface area contributed by atoms with Gasteiger partial charge in [0, 0.05) is 25.9 Å². The van der Waals surface area contributed by atoms with Crippen LogP contribution in [0.3, 0.4) is 0 Å². The molecule has 0 unspecified atom stereocenters. The smallest absolute Gasteiger partial charge is 0.246 e. The van der Waals surface area contributed by atoms with Crippen LogP contribution in [-0.4, -0.2) is 49.2 Å². The van der Waals surface area contributed by atoms with Crippen molar-refractivity contribution in [3.63, 3.8) is 0 Å². The summed E-state index contributed by atoms with van der Waals surface area (Å²) in [5.74, 6) is 0. The van der Waals surface area contributed by atoms with Crippen LogP contribution in [0, 0.1) is 0 Å². The van der Waals surface area contributed by atoms with Crippen molar-refractivity contribution in [3.05, 3.63) is 12.4 Å². The van der Waals surface area contributed by atoms with Gasteiger partial charge < -0.3 is 4.74 Å². The number of aromatic nitrogens is 2. The van der Waals surface area contributed by atoms with Gasteiger partial charge in [0.25, 0.3) is 0 Å². The van der Waals surface area contributed by atoms with Crippen molar-refractivity contribution in [2.75, 3.05) is 20.3 Å². The summed E-state index contributed by atoms with van der Waals surface area (Å²) in [5, 5.41) is 6.19. The van der Waals surface area contributed by atoms with E-state index in [9.17, 15) is 8.42 Å². The maximum Gasteiger partial charge on any atom is 0.246 e. The molecule has 1 heterocycles. The van der Waals surface area contributed by atoms with Crippen molar-refractivity contribution in [3.8, 4) is 0 Å². The van der Waals surface area contributed by atoms with Gasteiger partial charge in [0.2, 0.25) is 10.0 Å². The third-order valence-electron chi connectivity index (χ3n) is 2.55. The van der Waals surface area contributed by atoms with E-state index in [2.05, 4.69) is 10.2 Å². The normalized spacial score (nSPS) is 16.9. The average Bonchev–Trinajstić information content (AvgIpc) is 2.92. The third-order valence-corrected chi connectivity index (χ3v) is 4.47. The Morgan fingerprint density at radius 1 is 1.62 bits per heavy atom. The Bertz CT molecular complexity index is 425. The van der Waals surface area contributed by atoms with Crippen molar-refractivity contribution in [2.24, 2.45) is 0 Å². The number of methoxy groups -OCH3 is 1. The fourth-order valence-corrected chi connectivity index (χ4v) is 3.13. The second-order valence-electron chi connectivity index (χ2n) is 3.77. The minimum absolute atomic E-state index is 0.134. The number of hydrogen-bond donors (Lipinski definition) is 1. The zero-order valence-electron chi connectivity index (χ0n) is 9.09. The standard InChI is InChI=1S/C9H15N3O3S/c1-15-5-4-12(8-2-3-8)16(13,14)9-6-10-11-7-9/h6-8H,2-5H2,1H3,(H,10,11). The van der Waals surface area contributed by atoms with Gasteiger partial charge in [-0.3, -0.25) is 5.10 Å². The summed E-state index contributed by atoms with van der Waals surface area (Å²) in [6, 6.07) is 0.134. The first-order chi connectivity index (χ1) is 7.66. The lowest BCUT2D eigenvalue weighted by Gasteiger charge is -2.20. The Morgan fingerprint density at radius 3 is 2.88 bits per heavy atom. The lowest BCUT2D eigenvalue weighted by molar-refractivity contribution is 0.177. The molecule has 0 aromatic carbocycles. The molecule has 6 nitrogen and oxygen atoms in total. The van der Waals surface area contributed by atoms with Gasteiger partial charge >= 0.3 is 0 Å². The highest BCUT2D eigenvalue weighted by atomic mass is 32.2. The number of rotatable bonds is 6. The number of sulfonamides is 1. The van der Waals surface area contributed by atoms with Crippen molar-refractivity contribution in [1.82, 2.24) is 14.5 Å². The van der Waals surface area contributed by atoms with E-state index in [-0.39, 0.29) is 10.9 Å². The van der Waals surface area contributed by atoms with Crippen LogP contribution >= 0.6 is 0 Å². The zero-order valence-corrected chi connectivity index (χ0v) is 9.90. The number of ether oxygens (including phenoxy) is 1. The number of nitrogens with zero attached hydrogens (tertiary/aromatic N) is 2. The molecule has 1 aromatic rings. The molecule has 0 bridgehead atoms. The van der Waals surface area contributed by atoms with E-state index in [1.54, 1.807) is 7.11 Å². The molecule has 1 aliphatic rings. The van der Waals surface area contributed by atoms with E-state index in [0.717, 1.165) is 12.8 Å². The Kier molecular flexibility index (Phi) is 3.27. The molecule has 1 fully saturated rings. The quantitative estimate of drug-likeness (QED) is 0.777. The summed E-state index contributed by atoms with van der Waals surface area (Å²) < 4.78 is 30.8. The largest absolute Gasteiger partial charge is 0.383 e. The van der Waals surface area contributed by atoms with Crippen LogP contribution in [-0.2, 0) is 14.8 Å². The number of hydrogen-bond acceptors (Lipinski definition) is 4. The number of nitrogens with one attached hydrogen (secondary N) is 1. The SMILES string of the molecule is COCCN(C1CC1)S(=O)(=O)c1cn[nH]c1. The molecule has 0 amide bonds. The highest BCUT2D eigenvalue weighted by Crippen LogP contribution is 2.31. The van der Waals surface area contributed by atoms with Gasteiger partial charge in [0.15, 0.2) is 0 Å². The van der Waals surface area contributed by atoms with E-state index in [4.69, 9.17) is 4.74 Å². The lowest BCUT2D eigenvalue weighted by atomic mass is 10.6. The summed E-state index contributed by atoms with van der Waals surface area (Å²) in [6.45, 7) is 0.808. The summed E-state index contributed by atoms with van der Waals surface area (Å²) in [7, 11) is -1.84. The van der Waals surface area contributed by atoms with Gasteiger partial charge in [-0.1, -0.05) is 0 Å². The van der Waals surface area contributed by atoms with Crippen molar-refractivity contribution in [2.45, 2.75) is 23.8 Å². The topological polar surface area (TPSA) is 75.3 Å². The molecule has 1 aliphatic carbocycles. The molecule has 1 saturated carbocycles. The Labute approximate surface area is 94.6 Å². The molecule has 1 N–H and O–H groups in total. The highest BCUT2D eigenvalue weighted by molar-refractivity contribution is 7.89. The molecule has 0 spiro atoms. The molecule has 1 aromatic heterocycles. The number of H-pyrrole nitrogens is 1. The van der Waals surface area contributed by atoms with Gasteiger partial charge in [0.1, 0.15) is 4.90 Å². The lowest BCUT2D eigenvalue weighted by Crippen LogP contribution is -2.35. The van der Waals surface area contributed by atoms with Crippen LogP contribution in [0.2, 0.25) is 0 Å². The monoisotopic (exact) mass is 245 g/mol. The molecular formula is C9H15N3O3S. The van der Waals surface area contributed by atoms with Crippen LogP contribution in [0.4, 0.5) is 0 Å². The second-order valence-corrected chi connectivity index (χ2v) is 5.66. The molecule has 0 atom stereocenters. The predicted octanol–water partition coefficient (Wildman–Crippen LogP) is 0.209. The Morgan fingerprint density at radius 2 is 2.38 bits per heavy atom. The maximum absolute atomic E-state index is 12.2. The first kappa shape index (κ1) is 11.6. The van der Waals surface area contributed by atoms with Crippen molar-refractivity contribution in [1.29, 1.82) is 0 Å². The van der Waals surface area contributed by atoms with Crippen LogP contribution in [0.5, 0.6) is 0 Å². The van der Waals surface area contributed by atoms with Crippen LogP contribution < -0.4 is 0 Å². The van der Waals surface area contributed by atoms with Gasteiger partial charge in [-0.2, -0.15) is 9.40 Å². The van der Waals surface area contributed by atoms with Gasteiger partial charge in [-0.25, -0.2) is 8.42 Å². The fraction of sp³-hybridized carbons (Fsp3) is 0.667. The molecular weight excluding hydrogens is 230 g/mol. The maximum atomic E-state index is 12.2. The summed E-state index contributed by atoms with van der Waals surface area (Å²) in [5.41, 5.74) is 0. The summed E-state index contributed by atoms with van der Waals surface area (Å²) >= 11 is 0. The van der Waals surface area contributed by atoms with E-state index in [1.165, 1.54) is 16.7 Å². The summed E-state index contributed by atoms with van der Waals surface area (Å²) in [6.07, 6.45) is 4.59. The average molecular weight is 245 g/mol. The minimum Gasteiger partial charge on any atom is -0.383 e. The van der Waals surface area contributed by atoms with E-state index in [0.29, 0.717) is 13.2 Å². The van der Waals surface area contributed by atoms with Crippen LogP contribution in [0.25, 0.3) is 0 Å². The molecule has 16 heavy (non-hydrogen) atoms.